The number of likely N-dealkylation sites (N-methyl/N-ethyl adjacent to an activating group) is 1. The minimum atomic E-state index is 0.116. The first kappa shape index (κ1) is 11.5. The van der Waals surface area contributed by atoms with Gasteiger partial charge in [-0.25, -0.2) is 0 Å². The molecule has 0 atom stereocenters. The quantitative estimate of drug-likeness (QED) is 0.691. The van der Waals surface area contributed by atoms with Crippen LogP contribution in [0.25, 0.3) is 0 Å². The Bertz CT molecular complexity index is 186. The number of amides is 1. The van der Waals surface area contributed by atoms with Crippen LogP contribution < -0.4 is 0 Å². The molecule has 1 aliphatic rings. The lowest BCUT2D eigenvalue weighted by Crippen LogP contribution is -2.38. The van der Waals surface area contributed by atoms with Gasteiger partial charge in [-0.15, -0.1) is 0 Å². The summed E-state index contributed by atoms with van der Waals surface area (Å²) in [7, 11) is 1.89. The summed E-state index contributed by atoms with van der Waals surface area (Å²) in [5.74, 6) is 0.116. The van der Waals surface area contributed by atoms with Crippen LogP contribution in [-0.2, 0) is 9.53 Å². The van der Waals surface area contributed by atoms with E-state index < -0.39 is 0 Å². The standard InChI is InChI=1S/C11H21NO2/c1-9(2)14-8-11(13)12(3)10-6-4-5-7-10/h9-10H,4-8H2,1-3H3. The molecule has 3 nitrogen and oxygen atoms in total. The van der Waals surface area contributed by atoms with Gasteiger partial charge < -0.3 is 9.64 Å². The molecular formula is C11H21NO2. The van der Waals surface area contributed by atoms with Crippen LogP contribution in [0.15, 0.2) is 0 Å². The molecule has 1 aliphatic carbocycles. The van der Waals surface area contributed by atoms with Gasteiger partial charge in [0.05, 0.1) is 6.10 Å². The monoisotopic (exact) mass is 199 g/mol. The van der Waals surface area contributed by atoms with Gasteiger partial charge >= 0.3 is 0 Å². The third kappa shape index (κ3) is 3.29. The van der Waals surface area contributed by atoms with Crippen LogP contribution in [0.2, 0.25) is 0 Å². The summed E-state index contributed by atoms with van der Waals surface area (Å²) in [4.78, 5) is 13.5. The fourth-order valence-corrected chi connectivity index (χ4v) is 1.83. The SMILES string of the molecule is CC(C)OCC(=O)N(C)C1CCCC1. The molecule has 0 heterocycles. The zero-order valence-corrected chi connectivity index (χ0v) is 9.45. The van der Waals surface area contributed by atoms with Crippen LogP contribution in [0.5, 0.6) is 0 Å². The predicted molar refractivity (Wildman–Crippen MR) is 56.1 cm³/mol. The molecule has 0 aliphatic heterocycles. The Kier molecular flexibility index (Phi) is 4.39. The summed E-state index contributed by atoms with van der Waals surface area (Å²) in [6.45, 7) is 4.12. The summed E-state index contributed by atoms with van der Waals surface area (Å²) in [5, 5.41) is 0. The van der Waals surface area contributed by atoms with Gasteiger partial charge in [0.25, 0.3) is 0 Å². The largest absolute Gasteiger partial charge is 0.369 e. The molecule has 0 N–H and O–H groups in total. The highest BCUT2D eigenvalue weighted by Gasteiger charge is 2.23. The highest BCUT2D eigenvalue weighted by atomic mass is 16.5. The van der Waals surface area contributed by atoms with Crippen molar-refractivity contribution in [3.63, 3.8) is 0 Å². The van der Waals surface area contributed by atoms with Gasteiger partial charge in [-0.05, 0) is 26.7 Å². The molecule has 82 valence electrons. The van der Waals surface area contributed by atoms with Gasteiger partial charge in [-0.1, -0.05) is 12.8 Å². The van der Waals surface area contributed by atoms with E-state index in [1.54, 1.807) is 0 Å². The number of hydrogen-bond donors (Lipinski definition) is 0. The molecule has 0 unspecified atom stereocenters. The third-order valence-corrected chi connectivity index (χ3v) is 2.81. The van der Waals surface area contributed by atoms with E-state index in [-0.39, 0.29) is 18.6 Å². The number of carbonyl (C=O) groups is 1. The minimum absolute atomic E-state index is 0.116. The summed E-state index contributed by atoms with van der Waals surface area (Å²) >= 11 is 0. The molecular weight excluding hydrogens is 178 g/mol. The van der Waals surface area contributed by atoms with Crippen molar-refractivity contribution in [1.29, 1.82) is 0 Å². The van der Waals surface area contributed by atoms with Crippen molar-refractivity contribution in [1.82, 2.24) is 4.90 Å². The van der Waals surface area contributed by atoms with Crippen LogP contribution in [0.3, 0.4) is 0 Å². The molecule has 0 aromatic carbocycles. The smallest absolute Gasteiger partial charge is 0.248 e. The first-order chi connectivity index (χ1) is 6.61. The van der Waals surface area contributed by atoms with Gasteiger partial charge in [-0.2, -0.15) is 0 Å². The van der Waals surface area contributed by atoms with E-state index >= 15 is 0 Å². The lowest BCUT2D eigenvalue weighted by atomic mass is 10.2. The summed E-state index contributed by atoms with van der Waals surface area (Å²) in [5.41, 5.74) is 0. The van der Waals surface area contributed by atoms with E-state index in [9.17, 15) is 4.79 Å². The Morgan fingerprint density at radius 2 is 2.00 bits per heavy atom. The average Bonchev–Trinajstić information content (AvgIpc) is 2.65. The maximum Gasteiger partial charge on any atom is 0.248 e. The molecule has 0 bridgehead atoms. The molecule has 0 aromatic heterocycles. The second-order valence-corrected chi connectivity index (χ2v) is 4.30. The number of nitrogens with zero attached hydrogens (tertiary/aromatic N) is 1. The lowest BCUT2D eigenvalue weighted by Gasteiger charge is -2.24. The van der Waals surface area contributed by atoms with Gasteiger partial charge in [0.1, 0.15) is 6.61 Å². The lowest BCUT2D eigenvalue weighted by molar-refractivity contribution is -0.138. The molecule has 0 aromatic rings. The van der Waals surface area contributed by atoms with E-state index in [4.69, 9.17) is 4.74 Å². The maximum absolute atomic E-state index is 11.6. The fourth-order valence-electron chi connectivity index (χ4n) is 1.83. The predicted octanol–water partition coefficient (Wildman–Crippen LogP) is 1.81. The Hall–Kier alpha value is -0.570. The van der Waals surface area contributed by atoms with Crippen LogP contribution in [0, 0.1) is 0 Å². The van der Waals surface area contributed by atoms with Crippen molar-refractivity contribution in [3.8, 4) is 0 Å². The van der Waals surface area contributed by atoms with Crippen molar-refractivity contribution < 1.29 is 9.53 Å². The molecule has 1 saturated carbocycles. The number of rotatable bonds is 4. The molecule has 0 spiro atoms. The van der Waals surface area contributed by atoms with Crippen molar-refractivity contribution in [2.75, 3.05) is 13.7 Å². The first-order valence-corrected chi connectivity index (χ1v) is 5.48. The highest BCUT2D eigenvalue weighted by molar-refractivity contribution is 5.77. The first-order valence-electron chi connectivity index (χ1n) is 5.48. The Balaban J connectivity index is 2.28. The van der Waals surface area contributed by atoms with Crippen molar-refractivity contribution in [2.24, 2.45) is 0 Å². The average molecular weight is 199 g/mol. The van der Waals surface area contributed by atoms with Crippen molar-refractivity contribution >= 4 is 5.91 Å². The molecule has 0 radical (unpaired) electrons. The van der Waals surface area contributed by atoms with Gasteiger partial charge in [0.15, 0.2) is 0 Å². The van der Waals surface area contributed by atoms with E-state index in [1.807, 2.05) is 25.8 Å². The molecule has 1 fully saturated rings. The van der Waals surface area contributed by atoms with Crippen molar-refractivity contribution in [3.05, 3.63) is 0 Å². The number of carbonyl (C=O) groups excluding carboxylic acids is 1. The van der Waals surface area contributed by atoms with Gasteiger partial charge in [0, 0.05) is 13.1 Å². The second-order valence-electron chi connectivity index (χ2n) is 4.30. The normalized spacial score (nSPS) is 17.7. The minimum Gasteiger partial charge on any atom is -0.369 e. The van der Waals surface area contributed by atoms with E-state index in [2.05, 4.69) is 0 Å². The van der Waals surface area contributed by atoms with Crippen LogP contribution >= 0.6 is 0 Å². The topological polar surface area (TPSA) is 29.5 Å². The van der Waals surface area contributed by atoms with Crippen LogP contribution in [-0.4, -0.2) is 36.6 Å². The Labute approximate surface area is 86.4 Å². The highest BCUT2D eigenvalue weighted by Crippen LogP contribution is 2.22. The molecule has 14 heavy (non-hydrogen) atoms. The number of hydrogen-bond acceptors (Lipinski definition) is 2. The fraction of sp³-hybridized carbons (Fsp3) is 0.909. The molecule has 1 rings (SSSR count). The van der Waals surface area contributed by atoms with Gasteiger partial charge in [0.2, 0.25) is 5.91 Å². The second kappa shape index (κ2) is 5.35. The summed E-state index contributed by atoms with van der Waals surface area (Å²) in [6.07, 6.45) is 4.96. The van der Waals surface area contributed by atoms with E-state index in [0.29, 0.717) is 6.04 Å². The third-order valence-electron chi connectivity index (χ3n) is 2.81. The van der Waals surface area contributed by atoms with Crippen LogP contribution in [0.4, 0.5) is 0 Å². The molecule has 1 amide bonds. The van der Waals surface area contributed by atoms with E-state index in [1.165, 1.54) is 12.8 Å². The zero-order chi connectivity index (χ0) is 10.6. The maximum atomic E-state index is 11.6. The Morgan fingerprint density at radius 3 is 2.50 bits per heavy atom. The molecule has 0 saturated heterocycles. The van der Waals surface area contributed by atoms with E-state index in [0.717, 1.165) is 12.8 Å². The molecule has 3 heteroatoms. The van der Waals surface area contributed by atoms with Crippen LogP contribution in [0.1, 0.15) is 39.5 Å². The number of ether oxygens (including phenoxy) is 1. The zero-order valence-electron chi connectivity index (χ0n) is 9.45. The van der Waals surface area contributed by atoms with Crippen molar-refractivity contribution in [2.45, 2.75) is 51.7 Å². The summed E-state index contributed by atoms with van der Waals surface area (Å²) < 4.78 is 5.29. The Morgan fingerprint density at radius 1 is 1.43 bits per heavy atom. The van der Waals surface area contributed by atoms with Gasteiger partial charge in [-0.3, -0.25) is 4.79 Å². The summed E-state index contributed by atoms with van der Waals surface area (Å²) in [6, 6.07) is 0.457.